The Balaban J connectivity index is 0.00000112. The topological polar surface area (TPSA) is 28.2 Å². The van der Waals surface area contributed by atoms with Crippen molar-refractivity contribution in [3.63, 3.8) is 0 Å². The van der Waals surface area contributed by atoms with E-state index in [1.165, 1.54) is 4.88 Å². The first-order chi connectivity index (χ1) is 6.75. The largest absolute Gasteiger partial charge is 0.314 e. The third-order valence-corrected chi connectivity index (χ3v) is 3.62. The predicted octanol–water partition coefficient (Wildman–Crippen LogP) is 2.01. The molecule has 1 aliphatic rings. The molecule has 6 heteroatoms. The molecule has 0 aliphatic carbocycles. The molecule has 1 unspecified atom stereocenters. The molecule has 1 fully saturated rings. The van der Waals surface area contributed by atoms with Crippen LogP contribution < -0.4 is 5.32 Å². The molecule has 2 heterocycles. The van der Waals surface area contributed by atoms with Gasteiger partial charge >= 0.3 is 0 Å². The maximum atomic E-state index is 5.79. The normalized spacial score (nSPS) is 22.4. The van der Waals surface area contributed by atoms with Gasteiger partial charge in [0.2, 0.25) is 0 Å². The third-order valence-electron chi connectivity index (χ3n) is 2.52. The van der Waals surface area contributed by atoms with Gasteiger partial charge in [-0.15, -0.1) is 23.7 Å². The van der Waals surface area contributed by atoms with E-state index >= 15 is 0 Å². The third kappa shape index (κ3) is 3.57. The van der Waals surface area contributed by atoms with Crippen molar-refractivity contribution in [3.05, 3.63) is 15.5 Å². The summed E-state index contributed by atoms with van der Waals surface area (Å²) in [7, 11) is 0. The van der Waals surface area contributed by atoms with Crippen LogP contribution in [0.4, 0.5) is 0 Å². The predicted molar refractivity (Wildman–Crippen MR) is 67.1 cm³/mol. The summed E-state index contributed by atoms with van der Waals surface area (Å²) in [4.78, 5) is 7.76. The molecule has 0 bridgehead atoms. The van der Waals surface area contributed by atoms with Gasteiger partial charge in [-0.2, -0.15) is 0 Å². The Hall–Kier alpha value is 0.130. The summed E-state index contributed by atoms with van der Waals surface area (Å²) >= 11 is 7.37. The van der Waals surface area contributed by atoms with Crippen molar-refractivity contribution in [2.75, 3.05) is 19.6 Å². The van der Waals surface area contributed by atoms with Crippen molar-refractivity contribution in [2.45, 2.75) is 19.5 Å². The first-order valence-corrected chi connectivity index (χ1v) is 6.00. The second kappa shape index (κ2) is 6.01. The Morgan fingerprint density at radius 2 is 2.53 bits per heavy atom. The van der Waals surface area contributed by atoms with Gasteiger partial charge in [0.1, 0.15) is 0 Å². The zero-order valence-electron chi connectivity index (χ0n) is 8.57. The molecule has 0 spiro atoms. The number of rotatable bonds is 2. The second-order valence-electron chi connectivity index (χ2n) is 3.60. The number of nitrogens with one attached hydrogen (secondary N) is 1. The minimum atomic E-state index is 0. The fourth-order valence-electron chi connectivity index (χ4n) is 1.67. The lowest BCUT2D eigenvalue weighted by Crippen LogP contribution is -2.49. The lowest BCUT2D eigenvalue weighted by atomic mass is 10.2. The van der Waals surface area contributed by atoms with Crippen LogP contribution in [0.3, 0.4) is 0 Å². The zero-order chi connectivity index (χ0) is 9.97. The molecule has 1 aliphatic heterocycles. The van der Waals surface area contributed by atoms with E-state index in [0.717, 1.165) is 26.2 Å². The molecule has 0 aromatic carbocycles. The van der Waals surface area contributed by atoms with Crippen LogP contribution in [0.15, 0.2) is 6.20 Å². The van der Waals surface area contributed by atoms with E-state index in [1.54, 1.807) is 11.3 Å². The zero-order valence-corrected chi connectivity index (χ0v) is 11.0. The molecule has 1 atom stereocenters. The minimum absolute atomic E-state index is 0. The summed E-state index contributed by atoms with van der Waals surface area (Å²) in [5.74, 6) is 0. The maximum Gasteiger partial charge on any atom is 0.183 e. The number of aromatic nitrogens is 1. The van der Waals surface area contributed by atoms with Crippen molar-refractivity contribution >= 4 is 35.3 Å². The lowest BCUT2D eigenvalue weighted by molar-refractivity contribution is 0.167. The fourth-order valence-corrected chi connectivity index (χ4v) is 2.68. The highest BCUT2D eigenvalue weighted by Crippen LogP contribution is 2.20. The summed E-state index contributed by atoms with van der Waals surface area (Å²) in [5, 5.41) is 3.38. The van der Waals surface area contributed by atoms with Crippen LogP contribution in [0, 0.1) is 0 Å². The molecule has 2 rings (SSSR count). The van der Waals surface area contributed by atoms with Crippen molar-refractivity contribution in [2.24, 2.45) is 0 Å². The van der Waals surface area contributed by atoms with Crippen LogP contribution in [-0.2, 0) is 6.54 Å². The molecular formula is C9H15Cl2N3S. The molecule has 1 N–H and O–H groups in total. The lowest BCUT2D eigenvalue weighted by Gasteiger charge is -2.33. The molecule has 86 valence electrons. The first-order valence-electron chi connectivity index (χ1n) is 4.80. The molecule has 0 amide bonds. The molecule has 3 nitrogen and oxygen atoms in total. The highest BCUT2D eigenvalue weighted by Gasteiger charge is 2.18. The molecule has 1 aromatic heterocycles. The minimum Gasteiger partial charge on any atom is -0.314 e. The molecule has 15 heavy (non-hydrogen) atoms. The number of halogens is 2. The van der Waals surface area contributed by atoms with Crippen molar-refractivity contribution in [3.8, 4) is 0 Å². The van der Waals surface area contributed by atoms with Crippen molar-refractivity contribution in [1.29, 1.82) is 0 Å². The van der Waals surface area contributed by atoms with Crippen LogP contribution in [0.2, 0.25) is 4.47 Å². The Labute approximate surface area is 105 Å². The molecule has 0 saturated carbocycles. The van der Waals surface area contributed by atoms with E-state index in [4.69, 9.17) is 11.6 Å². The van der Waals surface area contributed by atoms with E-state index in [0.29, 0.717) is 10.5 Å². The summed E-state index contributed by atoms with van der Waals surface area (Å²) in [6, 6.07) is 0.602. The molecule has 0 radical (unpaired) electrons. The quantitative estimate of drug-likeness (QED) is 0.889. The second-order valence-corrected chi connectivity index (χ2v) is 5.30. The number of piperazine rings is 1. The smallest absolute Gasteiger partial charge is 0.183 e. The van der Waals surface area contributed by atoms with Crippen LogP contribution in [0.1, 0.15) is 11.8 Å². The van der Waals surface area contributed by atoms with Gasteiger partial charge in [-0.1, -0.05) is 11.6 Å². The molecule has 1 aromatic rings. The Morgan fingerprint density at radius 1 is 1.73 bits per heavy atom. The van der Waals surface area contributed by atoms with E-state index in [2.05, 4.69) is 22.1 Å². The number of hydrogen-bond acceptors (Lipinski definition) is 4. The summed E-state index contributed by atoms with van der Waals surface area (Å²) in [6.45, 7) is 6.49. The van der Waals surface area contributed by atoms with Gasteiger partial charge in [0.05, 0.1) is 0 Å². The van der Waals surface area contributed by atoms with E-state index < -0.39 is 0 Å². The maximum absolute atomic E-state index is 5.79. The Morgan fingerprint density at radius 3 is 3.13 bits per heavy atom. The molecular weight excluding hydrogens is 253 g/mol. The Bertz CT molecular complexity index is 305. The van der Waals surface area contributed by atoms with E-state index in [-0.39, 0.29) is 12.4 Å². The van der Waals surface area contributed by atoms with Gasteiger partial charge in [-0.05, 0) is 6.92 Å². The van der Waals surface area contributed by atoms with Gasteiger partial charge in [0.15, 0.2) is 4.47 Å². The van der Waals surface area contributed by atoms with E-state index in [9.17, 15) is 0 Å². The van der Waals surface area contributed by atoms with Gasteiger partial charge < -0.3 is 5.32 Å². The van der Waals surface area contributed by atoms with Crippen molar-refractivity contribution in [1.82, 2.24) is 15.2 Å². The van der Waals surface area contributed by atoms with Crippen LogP contribution >= 0.6 is 35.3 Å². The highest BCUT2D eigenvalue weighted by molar-refractivity contribution is 7.15. The number of nitrogens with zero attached hydrogens (tertiary/aromatic N) is 2. The SMILES string of the molecule is CC1CNCCN1Cc1cnc(Cl)s1.Cl. The van der Waals surface area contributed by atoms with Gasteiger partial charge in [-0.25, -0.2) is 4.98 Å². The first kappa shape index (κ1) is 13.2. The van der Waals surface area contributed by atoms with Gasteiger partial charge in [-0.3, -0.25) is 4.90 Å². The number of hydrogen-bond donors (Lipinski definition) is 1. The molecule has 1 saturated heterocycles. The van der Waals surface area contributed by atoms with Crippen LogP contribution in [-0.4, -0.2) is 35.6 Å². The van der Waals surface area contributed by atoms with Gasteiger partial charge in [0, 0.05) is 43.3 Å². The average molecular weight is 268 g/mol. The Kier molecular flexibility index (Phi) is 5.29. The summed E-state index contributed by atoms with van der Waals surface area (Å²) < 4.78 is 0.641. The van der Waals surface area contributed by atoms with Gasteiger partial charge in [0.25, 0.3) is 0 Å². The standard InChI is InChI=1S/C9H14ClN3S.ClH/c1-7-4-11-2-3-13(7)6-8-5-12-9(10)14-8;/h5,7,11H,2-4,6H2,1H3;1H. The highest BCUT2D eigenvalue weighted by atomic mass is 35.5. The van der Waals surface area contributed by atoms with Crippen molar-refractivity contribution < 1.29 is 0 Å². The summed E-state index contributed by atoms with van der Waals surface area (Å²) in [6.07, 6.45) is 1.88. The average Bonchev–Trinajstić information content (AvgIpc) is 2.56. The monoisotopic (exact) mass is 267 g/mol. The fraction of sp³-hybridized carbons (Fsp3) is 0.667. The summed E-state index contributed by atoms with van der Waals surface area (Å²) in [5.41, 5.74) is 0. The van der Waals surface area contributed by atoms with Crippen LogP contribution in [0.25, 0.3) is 0 Å². The van der Waals surface area contributed by atoms with Crippen LogP contribution in [0.5, 0.6) is 0 Å². The van der Waals surface area contributed by atoms with E-state index in [1.807, 2.05) is 6.20 Å². The number of thiazole rings is 1.